The second kappa shape index (κ2) is 13.0. The lowest BCUT2D eigenvalue weighted by Gasteiger charge is -2.06. The lowest BCUT2D eigenvalue weighted by molar-refractivity contribution is -0.137. The van der Waals surface area contributed by atoms with Gasteiger partial charge in [-0.05, 0) is 76.9 Å². The molecule has 2 heterocycles. The molecule has 2 aromatic carbocycles. The number of aromatic amines is 1. The third-order valence-corrected chi connectivity index (χ3v) is 4.64. The molecule has 6 nitrogen and oxygen atoms in total. The standard InChI is InChI=1S/C13H11N3.C7H6F3N.C5H4BrNO/c1-10-3-2-4-11(7-10)16-13-6-5-12(8-14)15-9-13;8-7(9,10)5-2-1-3-6(11)4-5;6-4-1-2-5(8)7-3-4/h2-7,9,16H,1H3;1-4H,11H2;1-3H,(H,7,8). The Kier molecular flexibility index (Phi) is 10.1. The van der Waals surface area contributed by atoms with Gasteiger partial charge in [-0.3, -0.25) is 4.79 Å². The molecule has 0 saturated heterocycles. The molecule has 0 spiro atoms. The number of halogens is 4. The Morgan fingerprint density at radius 1 is 1.03 bits per heavy atom. The predicted octanol–water partition coefficient (Wildman–Crippen LogP) is 6.43. The molecule has 0 unspecified atom stereocenters. The van der Waals surface area contributed by atoms with Crippen LogP contribution in [0.2, 0.25) is 0 Å². The highest BCUT2D eigenvalue weighted by Crippen LogP contribution is 2.29. The molecule has 0 amide bonds. The van der Waals surface area contributed by atoms with Crippen LogP contribution in [-0.2, 0) is 6.18 Å². The van der Waals surface area contributed by atoms with Gasteiger partial charge in [0, 0.05) is 28.1 Å². The van der Waals surface area contributed by atoms with Crippen LogP contribution in [0.1, 0.15) is 16.8 Å². The summed E-state index contributed by atoms with van der Waals surface area (Å²) in [4.78, 5) is 16.8. The maximum atomic E-state index is 11.9. The molecule has 0 saturated carbocycles. The number of nitrogen functional groups attached to an aromatic ring is 1. The van der Waals surface area contributed by atoms with Crippen molar-refractivity contribution >= 4 is 33.0 Å². The summed E-state index contributed by atoms with van der Waals surface area (Å²) < 4.78 is 36.6. The fourth-order valence-electron chi connectivity index (χ4n) is 2.53. The third-order valence-electron chi connectivity index (χ3n) is 4.14. The van der Waals surface area contributed by atoms with Gasteiger partial charge in [-0.25, -0.2) is 4.98 Å². The Labute approximate surface area is 208 Å². The summed E-state index contributed by atoms with van der Waals surface area (Å²) in [5.41, 5.74) is 8.02. The fourth-order valence-corrected chi connectivity index (χ4v) is 2.78. The van der Waals surface area contributed by atoms with Crippen LogP contribution in [0.25, 0.3) is 0 Å². The lowest BCUT2D eigenvalue weighted by atomic mass is 10.2. The van der Waals surface area contributed by atoms with E-state index < -0.39 is 11.7 Å². The van der Waals surface area contributed by atoms with Crippen LogP contribution in [0.4, 0.5) is 30.2 Å². The molecular weight excluding hydrogens is 523 g/mol. The highest BCUT2D eigenvalue weighted by molar-refractivity contribution is 9.10. The SMILES string of the molecule is Cc1cccc(Nc2ccc(C#N)nc2)c1.Nc1cccc(C(F)(F)F)c1.O=c1ccc(Br)c[nH]1. The van der Waals surface area contributed by atoms with E-state index in [1.807, 2.05) is 37.3 Å². The number of H-pyrrole nitrogens is 1. The van der Waals surface area contributed by atoms with E-state index in [0.717, 1.165) is 28.0 Å². The van der Waals surface area contributed by atoms with Gasteiger partial charge in [0.2, 0.25) is 5.56 Å². The molecule has 0 aliphatic heterocycles. The summed E-state index contributed by atoms with van der Waals surface area (Å²) in [6.45, 7) is 2.04. The van der Waals surface area contributed by atoms with Crippen LogP contribution in [0.15, 0.2) is 94.5 Å². The fraction of sp³-hybridized carbons (Fsp3) is 0.0800. The molecular formula is C25H21BrF3N5O. The van der Waals surface area contributed by atoms with E-state index in [1.54, 1.807) is 24.5 Å². The van der Waals surface area contributed by atoms with E-state index >= 15 is 0 Å². The summed E-state index contributed by atoms with van der Waals surface area (Å²) >= 11 is 3.18. The van der Waals surface area contributed by atoms with Gasteiger partial charge >= 0.3 is 6.18 Å². The topological polar surface area (TPSA) is 108 Å². The van der Waals surface area contributed by atoms with Gasteiger partial charge in [0.25, 0.3) is 0 Å². The zero-order chi connectivity index (χ0) is 25.8. The minimum atomic E-state index is -4.30. The zero-order valence-electron chi connectivity index (χ0n) is 18.5. The predicted molar refractivity (Wildman–Crippen MR) is 134 cm³/mol. The molecule has 0 fully saturated rings. The van der Waals surface area contributed by atoms with E-state index in [2.05, 4.69) is 37.3 Å². The van der Waals surface area contributed by atoms with Gasteiger partial charge in [0.1, 0.15) is 11.8 Å². The van der Waals surface area contributed by atoms with Crippen molar-refractivity contribution in [2.75, 3.05) is 11.1 Å². The van der Waals surface area contributed by atoms with Crippen LogP contribution in [-0.4, -0.2) is 9.97 Å². The number of nitrogens with one attached hydrogen (secondary N) is 2. The number of alkyl halides is 3. The number of hydrogen-bond acceptors (Lipinski definition) is 5. The molecule has 0 atom stereocenters. The Balaban J connectivity index is 0.000000198. The van der Waals surface area contributed by atoms with Crippen LogP contribution in [0.3, 0.4) is 0 Å². The third kappa shape index (κ3) is 10.1. The molecule has 35 heavy (non-hydrogen) atoms. The molecule has 0 bridgehead atoms. The Hall–Kier alpha value is -4.10. The highest BCUT2D eigenvalue weighted by atomic mass is 79.9. The summed E-state index contributed by atoms with van der Waals surface area (Å²) in [7, 11) is 0. The molecule has 0 radical (unpaired) electrons. The van der Waals surface area contributed by atoms with Crippen molar-refractivity contribution in [3.8, 4) is 6.07 Å². The number of rotatable bonds is 2. The highest BCUT2D eigenvalue weighted by Gasteiger charge is 2.30. The van der Waals surface area contributed by atoms with Crippen molar-refractivity contribution in [3.05, 3.63) is 117 Å². The largest absolute Gasteiger partial charge is 0.416 e. The number of anilines is 3. The number of nitriles is 1. The average molecular weight is 544 g/mol. The van der Waals surface area contributed by atoms with Crippen LogP contribution in [0.5, 0.6) is 0 Å². The van der Waals surface area contributed by atoms with Gasteiger partial charge in [0.05, 0.1) is 17.4 Å². The normalized spacial score (nSPS) is 10.1. The summed E-state index contributed by atoms with van der Waals surface area (Å²) in [5.74, 6) is 0. The molecule has 10 heteroatoms. The Morgan fingerprint density at radius 3 is 2.26 bits per heavy atom. The van der Waals surface area contributed by atoms with Crippen molar-refractivity contribution in [1.82, 2.24) is 9.97 Å². The number of nitrogens with zero attached hydrogens (tertiary/aromatic N) is 2. The van der Waals surface area contributed by atoms with E-state index in [-0.39, 0.29) is 11.2 Å². The van der Waals surface area contributed by atoms with Crippen LogP contribution < -0.4 is 16.6 Å². The lowest BCUT2D eigenvalue weighted by Crippen LogP contribution is -2.04. The number of aromatic nitrogens is 2. The van der Waals surface area contributed by atoms with Gasteiger partial charge in [-0.15, -0.1) is 0 Å². The number of hydrogen-bond donors (Lipinski definition) is 3. The summed E-state index contributed by atoms with van der Waals surface area (Å²) in [6.07, 6.45) is -1.04. The van der Waals surface area contributed by atoms with Crippen molar-refractivity contribution in [2.24, 2.45) is 0 Å². The van der Waals surface area contributed by atoms with Gasteiger partial charge < -0.3 is 16.0 Å². The summed E-state index contributed by atoms with van der Waals surface area (Å²) in [5, 5.41) is 11.8. The van der Waals surface area contributed by atoms with Gasteiger partial charge in [-0.1, -0.05) is 18.2 Å². The molecule has 4 N–H and O–H groups in total. The molecule has 4 rings (SSSR count). The summed E-state index contributed by atoms with van der Waals surface area (Å²) in [6, 6.07) is 21.3. The molecule has 2 aromatic heterocycles. The smallest absolute Gasteiger partial charge is 0.399 e. The number of benzene rings is 2. The second-order valence-electron chi connectivity index (χ2n) is 7.03. The van der Waals surface area contributed by atoms with Crippen molar-refractivity contribution in [1.29, 1.82) is 5.26 Å². The van der Waals surface area contributed by atoms with E-state index in [1.165, 1.54) is 23.8 Å². The van der Waals surface area contributed by atoms with E-state index in [0.29, 0.717) is 5.69 Å². The first kappa shape index (κ1) is 27.1. The quantitative estimate of drug-likeness (QED) is 0.252. The number of pyridine rings is 2. The number of aryl methyl sites for hydroxylation is 1. The van der Waals surface area contributed by atoms with Gasteiger partial charge in [0.15, 0.2) is 0 Å². The van der Waals surface area contributed by atoms with Crippen LogP contribution in [0, 0.1) is 18.3 Å². The van der Waals surface area contributed by atoms with Crippen molar-refractivity contribution in [3.63, 3.8) is 0 Å². The minimum absolute atomic E-state index is 0.0757. The van der Waals surface area contributed by atoms with Crippen molar-refractivity contribution < 1.29 is 13.2 Å². The maximum absolute atomic E-state index is 11.9. The van der Waals surface area contributed by atoms with Crippen LogP contribution >= 0.6 is 15.9 Å². The molecule has 0 aliphatic rings. The molecule has 180 valence electrons. The molecule has 0 aliphatic carbocycles. The number of nitrogens with two attached hydrogens (primary N) is 1. The van der Waals surface area contributed by atoms with E-state index in [9.17, 15) is 18.0 Å². The first-order chi connectivity index (χ1) is 16.6. The van der Waals surface area contributed by atoms with Crippen molar-refractivity contribution in [2.45, 2.75) is 13.1 Å². The Morgan fingerprint density at radius 2 is 1.77 bits per heavy atom. The zero-order valence-corrected chi connectivity index (χ0v) is 20.1. The Bertz CT molecular complexity index is 1310. The monoisotopic (exact) mass is 543 g/mol. The first-order valence-electron chi connectivity index (χ1n) is 10.0. The maximum Gasteiger partial charge on any atom is 0.416 e. The molecule has 4 aromatic rings. The average Bonchev–Trinajstić information content (AvgIpc) is 2.82. The van der Waals surface area contributed by atoms with E-state index in [4.69, 9.17) is 11.0 Å². The first-order valence-corrected chi connectivity index (χ1v) is 10.8. The second-order valence-corrected chi connectivity index (χ2v) is 7.95. The minimum Gasteiger partial charge on any atom is -0.399 e. The van der Waals surface area contributed by atoms with Gasteiger partial charge in [-0.2, -0.15) is 18.4 Å².